The summed E-state index contributed by atoms with van der Waals surface area (Å²) in [4.78, 5) is 53.4. The fourth-order valence-electron chi connectivity index (χ4n) is 6.64. The lowest BCUT2D eigenvalue weighted by molar-refractivity contribution is -0.154. The van der Waals surface area contributed by atoms with Crippen molar-refractivity contribution in [3.63, 3.8) is 0 Å². The summed E-state index contributed by atoms with van der Waals surface area (Å²) >= 11 is 1.48. The number of piperidine rings is 1. The molecule has 0 unspecified atom stereocenters. The number of hydrogen-bond donors (Lipinski definition) is 1. The Morgan fingerprint density at radius 1 is 0.958 bits per heavy atom. The van der Waals surface area contributed by atoms with E-state index in [1.165, 1.54) is 22.5 Å². The van der Waals surface area contributed by atoms with Crippen LogP contribution in [0.4, 0.5) is 5.69 Å². The van der Waals surface area contributed by atoms with Gasteiger partial charge in [-0.25, -0.2) is 9.97 Å². The molecule has 1 N–H and O–H groups in total. The SMILES string of the molecule is Cc1cccc(C2CCN(c3cnc(-c4ccc(C[C@H](CC(=O)c5ccc(C(C)(C)C)s5)C(=O)N5CC(C(=O)O)C5)cc4)nc3)CC2)c1. The van der Waals surface area contributed by atoms with Crippen molar-refractivity contribution in [2.24, 2.45) is 11.8 Å². The van der Waals surface area contributed by atoms with Crippen LogP contribution in [0.3, 0.4) is 0 Å². The number of carboxylic acids is 1. The van der Waals surface area contributed by atoms with Gasteiger partial charge in [-0.3, -0.25) is 14.4 Å². The molecule has 1 amide bonds. The van der Waals surface area contributed by atoms with Gasteiger partial charge in [0.1, 0.15) is 0 Å². The summed E-state index contributed by atoms with van der Waals surface area (Å²) in [5, 5.41) is 9.32. The molecule has 0 radical (unpaired) electrons. The summed E-state index contributed by atoms with van der Waals surface area (Å²) in [6.45, 7) is 10.8. The molecule has 48 heavy (non-hydrogen) atoms. The zero-order valence-electron chi connectivity index (χ0n) is 28.2. The van der Waals surface area contributed by atoms with Crippen molar-refractivity contribution in [1.29, 1.82) is 0 Å². The lowest BCUT2D eigenvalue weighted by atomic mass is 9.88. The monoisotopic (exact) mass is 664 g/mol. The average Bonchev–Trinajstić information content (AvgIpc) is 3.56. The summed E-state index contributed by atoms with van der Waals surface area (Å²) in [6.07, 6.45) is 6.46. The van der Waals surface area contributed by atoms with Gasteiger partial charge in [0.2, 0.25) is 5.91 Å². The van der Waals surface area contributed by atoms with Crippen molar-refractivity contribution in [2.75, 3.05) is 31.1 Å². The van der Waals surface area contributed by atoms with Crippen LogP contribution in [-0.4, -0.2) is 63.8 Å². The molecule has 4 aromatic rings. The second-order valence-corrected chi connectivity index (χ2v) is 15.4. The number of likely N-dealkylation sites (tertiary alicyclic amines) is 1. The van der Waals surface area contributed by atoms with Gasteiger partial charge in [-0.05, 0) is 60.8 Å². The maximum Gasteiger partial charge on any atom is 0.310 e. The number of rotatable bonds is 10. The highest BCUT2D eigenvalue weighted by Gasteiger charge is 2.39. The van der Waals surface area contributed by atoms with E-state index >= 15 is 0 Å². The fourth-order valence-corrected chi connectivity index (χ4v) is 7.65. The smallest absolute Gasteiger partial charge is 0.310 e. The Balaban J connectivity index is 1.10. The van der Waals surface area contributed by atoms with Crippen molar-refractivity contribution < 1.29 is 19.5 Å². The van der Waals surface area contributed by atoms with Gasteiger partial charge in [0, 0.05) is 49.0 Å². The highest BCUT2D eigenvalue weighted by Crippen LogP contribution is 2.33. The second-order valence-electron chi connectivity index (χ2n) is 14.4. The molecule has 2 fully saturated rings. The van der Waals surface area contributed by atoms with Crippen molar-refractivity contribution in [3.05, 3.63) is 99.5 Å². The Kier molecular flexibility index (Phi) is 9.78. The van der Waals surface area contributed by atoms with Crippen LogP contribution in [0, 0.1) is 18.8 Å². The van der Waals surface area contributed by atoms with Crippen LogP contribution in [0.25, 0.3) is 11.4 Å². The molecule has 2 aliphatic heterocycles. The first-order valence-electron chi connectivity index (χ1n) is 16.8. The lowest BCUT2D eigenvalue weighted by Gasteiger charge is -2.38. The Morgan fingerprint density at radius 2 is 1.65 bits per heavy atom. The van der Waals surface area contributed by atoms with E-state index in [2.05, 4.69) is 66.8 Å². The minimum absolute atomic E-state index is 0.0614. The number of hydrogen-bond acceptors (Lipinski definition) is 7. The highest BCUT2D eigenvalue weighted by atomic mass is 32.1. The van der Waals surface area contributed by atoms with E-state index in [-0.39, 0.29) is 36.6 Å². The number of aromatic nitrogens is 2. The zero-order valence-corrected chi connectivity index (χ0v) is 29.0. The molecular formula is C39H44N4O4S. The van der Waals surface area contributed by atoms with E-state index in [9.17, 15) is 19.5 Å². The number of Topliss-reactive ketones (excluding diaryl/α,β-unsaturated/α-hetero) is 1. The summed E-state index contributed by atoms with van der Waals surface area (Å²) in [5.41, 5.74) is 5.50. The van der Waals surface area contributed by atoms with Crippen LogP contribution in [0.5, 0.6) is 0 Å². The number of amides is 1. The molecule has 4 heterocycles. The maximum atomic E-state index is 13.5. The normalized spacial score (nSPS) is 16.4. The fraction of sp³-hybridized carbons (Fsp3) is 0.410. The number of carboxylic acid groups (broad SMARTS) is 1. The third kappa shape index (κ3) is 7.67. The van der Waals surface area contributed by atoms with Crippen LogP contribution in [-0.2, 0) is 21.4 Å². The number of aryl methyl sites for hydroxylation is 1. The number of carbonyl (C=O) groups excluding carboxylic acids is 2. The zero-order chi connectivity index (χ0) is 34.0. The first-order chi connectivity index (χ1) is 22.9. The van der Waals surface area contributed by atoms with Gasteiger partial charge >= 0.3 is 5.97 Å². The van der Waals surface area contributed by atoms with Crippen molar-refractivity contribution in [1.82, 2.24) is 14.9 Å². The summed E-state index contributed by atoms with van der Waals surface area (Å²) in [6, 6.07) is 20.5. The Bertz CT molecular complexity index is 1760. The molecule has 1 atom stereocenters. The second kappa shape index (κ2) is 14.0. The number of carbonyl (C=O) groups is 3. The van der Waals surface area contributed by atoms with Crippen LogP contribution in [0.1, 0.15) is 77.2 Å². The predicted octanol–water partition coefficient (Wildman–Crippen LogP) is 7.17. The molecule has 9 heteroatoms. The molecule has 6 rings (SSSR count). The largest absolute Gasteiger partial charge is 0.481 e. The molecule has 8 nitrogen and oxygen atoms in total. The van der Waals surface area contributed by atoms with Crippen LogP contribution < -0.4 is 4.90 Å². The topological polar surface area (TPSA) is 104 Å². The first-order valence-corrected chi connectivity index (χ1v) is 17.6. The quantitative estimate of drug-likeness (QED) is 0.179. The third-order valence-corrected chi connectivity index (χ3v) is 11.2. The average molecular weight is 665 g/mol. The molecule has 0 spiro atoms. The Labute approximate surface area is 286 Å². The number of anilines is 1. The van der Waals surface area contributed by atoms with Gasteiger partial charge in [-0.1, -0.05) is 74.9 Å². The molecule has 0 bridgehead atoms. The first kappa shape index (κ1) is 33.5. The van der Waals surface area contributed by atoms with E-state index in [1.807, 2.05) is 48.8 Å². The number of benzene rings is 2. The maximum absolute atomic E-state index is 13.5. The van der Waals surface area contributed by atoms with Crippen LogP contribution in [0.15, 0.2) is 73.1 Å². The predicted molar refractivity (Wildman–Crippen MR) is 190 cm³/mol. The van der Waals surface area contributed by atoms with Crippen LogP contribution in [0.2, 0.25) is 0 Å². The standard InChI is InChI=1S/C39H44N4O4S/c1-25-6-5-7-29(18-25)27-14-16-42(17-15-27)32-21-40-36(41-22-32)28-10-8-26(9-11-28)19-30(37(45)43-23-31(24-43)38(46)47)20-33(44)34-12-13-35(48-34)39(2,3)4/h5-13,18,21-22,27,30-31H,14-17,19-20,23-24H2,1-4H3,(H,46,47)/t30-/m1/s1. The van der Waals surface area contributed by atoms with Gasteiger partial charge in [0.25, 0.3) is 0 Å². The number of ketones is 1. The van der Waals surface area contributed by atoms with Gasteiger partial charge < -0.3 is 14.9 Å². The van der Waals surface area contributed by atoms with E-state index in [0.717, 1.165) is 47.6 Å². The Hall–Kier alpha value is -4.37. The van der Waals surface area contributed by atoms with Crippen molar-refractivity contribution >= 4 is 34.7 Å². The van der Waals surface area contributed by atoms with Crippen molar-refractivity contribution in [3.8, 4) is 11.4 Å². The van der Waals surface area contributed by atoms with E-state index in [0.29, 0.717) is 23.0 Å². The van der Waals surface area contributed by atoms with E-state index in [1.54, 1.807) is 4.90 Å². The number of aliphatic carboxylic acids is 1. The highest BCUT2D eigenvalue weighted by molar-refractivity contribution is 7.14. The van der Waals surface area contributed by atoms with Gasteiger partial charge in [0.15, 0.2) is 11.6 Å². The number of nitrogens with zero attached hydrogens (tertiary/aromatic N) is 4. The van der Waals surface area contributed by atoms with Crippen LogP contribution >= 0.6 is 11.3 Å². The molecule has 0 aliphatic carbocycles. The summed E-state index contributed by atoms with van der Waals surface area (Å²) in [7, 11) is 0. The number of thiophene rings is 1. The van der Waals surface area contributed by atoms with E-state index < -0.39 is 17.8 Å². The van der Waals surface area contributed by atoms with Crippen molar-refractivity contribution in [2.45, 2.75) is 64.7 Å². The summed E-state index contributed by atoms with van der Waals surface area (Å²) in [5.74, 6) is -1.04. The molecule has 250 valence electrons. The third-order valence-electron chi connectivity index (χ3n) is 9.65. The van der Waals surface area contributed by atoms with Gasteiger partial charge in [0.05, 0.1) is 28.9 Å². The minimum atomic E-state index is -0.895. The molecule has 0 saturated carbocycles. The van der Waals surface area contributed by atoms with E-state index in [4.69, 9.17) is 0 Å². The molecular weight excluding hydrogens is 621 g/mol. The summed E-state index contributed by atoms with van der Waals surface area (Å²) < 4.78 is 0. The molecule has 2 saturated heterocycles. The van der Waals surface area contributed by atoms with Gasteiger partial charge in [-0.15, -0.1) is 11.3 Å². The van der Waals surface area contributed by atoms with Gasteiger partial charge in [-0.2, -0.15) is 0 Å². The Morgan fingerprint density at radius 3 is 2.25 bits per heavy atom. The minimum Gasteiger partial charge on any atom is -0.481 e. The molecule has 2 aromatic heterocycles. The lowest BCUT2D eigenvalue weighted by Crippen LogP contribution is -2.55. The molecule has 2 aromatic carbocycles. The molecule has 2 aliphatic rings.